The smallest absolute Gasteiger partial charge is 0.222 e. The number of fused-ring (bicyclic) bond motifs is 1. The summed E-state index contributed by atoms with van der Waals surface area (Å²) in [5.41, 5.74) is 1.22. The lowest BCUT2D eigenvalue weighted by atomic mass is 9.90. The first-order valence-electron chi connectivity index (χ1n) is 10.7. The number of aromatic amines is 1. The fraction of sp³-hybridized carbons (Fsp3) is 0.174. The number of benzene rings is 1. The van der Waals surface area contributed by atoms with Crippen molar-refractivity contribution in [1.29, 1.82) is 0 Å². The van der Waals surface area contributed by atoms with Crippen LogP contribution in [0.15, 0.2) is 61.6 Å². The van der Waals surface area contributed by atoms with E-state index in [-0.39, 0.29) is 11.1 Å². The fourth-order valence-electron chi connectivity index (χ4n) is 3.70. The van der Waals surface area contributed by atoms with E-state index >= 15 is 0 Å². The first kappa shape index (κ1) is 22.3. The second kappa shape index (κ2) is 9.06. The molecule has 1 aromatic carbocycles. The summed E-state index contributed by atoms with van der Waals surface area (Å²) < 4.78 is 29.1. The van der Waals surface area contributed by atoms with Crippen molar-refractivity contribution in [1.82, 2.24) is 34.8 Å². The van der Waals surface area contributed by atoms with E-state index in [0.717, 1.165) is 28.8 Å². The van der Waals surface area contributed by atoms with Gasteiger partial charge in [0.15, 0.2) is 5.82 Å². The zero-order valence-electron chi connectivity index (χ0n) is 18.6. The molecule has 0 saturated heterocycles. The average Bonchev–Trinajstić information content (AvgIpc) is 3.52. The van der Waals surface area contributed by atoms with Crippen LogP contribution in [-0.4, -0.2) is 53.0 Å². The number of rotatable bonds is 8. The third-order valence-electron chi connectivity index (χ3n) is 5.61. The number of hydrogen-bond acceptors (Lipinski definition) is 8. The van der Waals surface area contributed by atoms with E-state index in [9.17, 15) is 13.9 Å². The van der Waals surface area contributed by atoms with E-state index in [2.05, 4.69) is 40.9 Å². The van der Waals surface area contributed by atoms with Gasteiger partial charge in [-0.2, -0.15) is 10.2 Å². The fourth-order valence-corrected chi connectivity index (χ4v) is 3.70. The highest BCUT2D eigenvalue weighted by molar-refractivity contribution is 5.76. The second-order valence-electron chi connectivity index (χ2n) is 8.00. The lowest BCUT2D eigenvalue weighted by Gasteiger charge is -2.24. The zero-order valence-corrected chi connectivity index (χ0v) is 18.6. The largest absolute Gasteiger partial charge is 0.380 e. The maximum absolute atomic E-state index is 14.2. The lowest BCUT2D eigenvalue weighted by Crippen LogP contribution is -2.25. The first-order chi connectivity index (χ1) is 16.9. The van der Waals surface area contributed by atoms with Crippen molar-refractivity contribution in [2.75, 3.05) is 23.7 Å². The van der Waals surface area contributed by atoms with Crippen molar-refractivity contribution in [3.8, 4) is 11.1 Å². The van der Waals surface area contributed by atoms with Crippen molar-refractivity contribution >= 4 is 17.3 Å². The number of nitrogens with zero attached hydrogens (tertiary/aromatic N) is 6. The molecule has 0 aliphatic carbocycles. The summed E-state index contributed by atoms with van der Waals surface area (Å²) in [6.45, 7) is 2.40. The van der Waals surface area contributed by atoms with Gasteiger partial charge in [-0.3, -0.25) is 5.10 Å². The van der Waals surface area contributed by atoms with Gasteiger partial charge in [0.25, 0.3) is 0 Å². The predicted octanol–water partition coefficient (Wildman–Crippen LogP) is 2.97. The number of anilines is 2. The van der Waals surface area contributed by atoms with Crippen molar-refractivity contribution in [3.63, 3.8) is 0 Å². The number of hydrogen-bond donors (Lipinski definition) is 4. The number of H-pyrrole nitrogens is 1. The SMILES string of the molecule is C[C@](O)(c1cnc(NCCNc2ncnn3cc(-c4cn[nH]c4)cc23)nc1)c1ccc(F)cc1F. The Morgan fingerprint density at radius 3 is 2.57 bits per heavy atom. The van der Waals surface area contributed by atoms with Crippen molar-refractivity contribution in [2.45, 2.75) is 12.5 Å². The topological polar surface area (TPSA) is 129 Å². The summed E-state index contributed by atoms with van der Waals surface area (Å²) in [5, 5.41) is 28.2. The van der Waals surface area contributed by atoms with Gasteiger partial charge < -0.3 is 15.7 Å². The number of aromatic nitrogens is 7. The van der Waals surface area contributed by atoms with E-state index < -0.39 is 17.2 Å². The summed E-state index contributed by atoms with van der Waals surface area (Å²) in [6.07, 6.45) is 9.71. The van der Waals surface area contributed by atoms with Gasteiger partial charge in [-0.15, -0.1) is 0 Å². The molecule has 0 spiro atoms. The molecule has 0 amide bonds. The second-order valence-corrected chi connectivity index (χ2v) is 8.00. The molecule has 4 N–H and O–H groups in total. The zero-order chi connectivity index (χ0) is 24.4. The van der Waals surface area contributed by atoms with Gasteiger partial charge in [0.2, 0.25) is 5.95 Å². The highest BCUT2D eigenvalue weighted by Gasteiger charge is 2.30. The molecule has 0 aliphatic rings. The van der Waals surface area contributed by atoms with Crippen LogP contribution in [0.4, 0.5) is 20.5 Å². The molecule has 4 aromatic heterocycles. The molecule has 0 saturated carbocycles. The molecule has 0 aliphatic heterocycles. The molecule has 178 valence electrons. The lowest BCUT2D eigenvalue weighted by molar-refractivity contribution is 0.0970. The van der Waals surface area contributed by atoms with Crippen molar-refractivity contribution in [3.05, 3.63) is 84.3 Å². The Balaban J connectivity index is 1.21. The molecule has 5 rings (SSSR count). The van der Waals surface area contributed by atoms with Crippen LogP contribution in [0.3, 0.4) is 0 Å². The van der Waals surface area contributed by atoms with E-state index in [1.807, 2.05) is 12.3 Å². The number of nitrogens with one attached hydrogen (secondary N) is 3. The Morgan fingerprint density at radius 2 is 1.83 bits per heavy atom. The monoisotopic (exact) mass is 477 g/mol. The maximum atomic E-state index is 14.2. The minimum atomic E-state index is -1.72. The molecule has 5 aromatic rings. The van der Waals surface area contributed by atoms with Crippen LogP contribution in [0.5, 0.6) is 0 Å². The van der Waals surface area contributed by atoms with Crippen LogP contribution in [0.1, 0.15) is 18.1 Å². The highest BCUT2D eigenvalue weighted by Crippen LogP contribution is 2.30. The summed E-state index contributed by atoms with van der Waals surface area (Å²) in [6, 6.07) is 4.99. The van der Waals surface area contributed by atoms with Crippen LogP contribution >= 0.6 is 0 Å². The molecule has 12 heteroatoms. The molecule has 35 heavy (non-hydrogen) atoms. The molecule has 0 radical (unpaired) electrons. The molecule has 0 bridgehead atoms. The van der Waals surface area contributed by atoms with Crippen LogP contribution in [-0.2, 0) is 5.60 Å². The maximum Gasteiger partial charge on any atom is 0.222 e. The van der Waals surface area contributed by atoms with Gasteiger partial charge in [-0.25, -0.2) is 28.2 Å². The van der Waals surface area contributed by atoms with Crippen LogP contribution in [0.2, 0.25) is 0 Å². The van der Waals surface area contributed by atoms with E-state index in [1.54, 1.807) is 16.9 Å². The average molecular weight is 477 g/mol. The van der Waals surface area contributed by atoms with Crippen LogP contribution < -0.4 is 10.6 Å². The molecular weight excluding hydrogens is 456 g/mol. The molecule has 4 heterocycles. The normalized spacial score (nSPS) is 13.0. The summed E-state index contributed by atoms with van der Waals surface area (Å²) in [4.78, 5) is 12.7. The molecule has 1 atom stereocenters. The Kier molecular flexibility index (Phi) is 5.79. The van der Waals surface area contributed by atoms with E-state index in [1.165, 1.54) is 31.7 Å². The number of halogens is 2. The number of aliphatic hydroxyl groups is 1. The first-order valence-corrected chi connectivity index (χ1v) is 10.7. The molecule has 0 unspecified atom stereocenters. The standard InChI is InChI=1S/C23H21F2N9O/c1-23(35,18-3-2-17(24)7-19(18)25)16-10-28-22(29-11-16)27-5-4-26-21-20-6-14(15-8-31-32-9-15)12-34(20)33-13-30-21/h2-3,6-13,35H,4-5H2,1H3,(H,31,32)(H,26,30,33)(H,27,28,29)/t23-/m0/s1. The van der Waals surface area contributed by atoms with E-state index in [4.69, 9.17) is 0 Å². The van der Waals surface area contributed by atoms with Gasteiger partial charge in [0, 0.05) is 66.2 Å². The van der Waals surface area contributed by atoms with Gasteiger partial charge in [0.1, 0.15) is 29.1 Å². The Labute approximate surface area is 198 Å². The molecule has 10 nitrogen and oxygen atoms in total. The minimum Gasteiger partial charge on any atom is -0.380 e. The third kappa shape index (κ3) is 4.51. The Hall–Kier alpha value is -4.45. The van der Waals surface area contributed by atoms with Gasteiger partial charge in [0.05, 0.1) is 6.20 Å². The Morgan fingerprint density at radius 1 is 1.03 bits per heavy atom. The highest BCUT2D eigenvalue weighted by atomic mass is 19.1. The quantitative estimate of drug-likeness (QED) is 0.251. The minimum absolute atomic E-state index is 0.0649. The van der Waals surface area contributed by atoms with Gasteiger partial charge in [-0.1, -0.05) is 0 Å². The van der Waals surface area contributed by atoms with Crippen LogP contribution in [0.25, 0.3) is 16.6 Å². The van der Waals surface area contributed by atoms with E-state index in [0.29, 0.717) is 24.9 Å². The summed E-state index contributed by atoms with van der Waals surface area (Å²) in [5.74, 6) is -0.555. The van der Waals surface area contributed by atoms with Gasteiger partial charge >= 0.3 is 0 Å². The van der Waals surface area contributed by atoms with Crippen LogP contribution in [0, 0.1) is 11.6 Å². The van der Waals surface area contributed by atoms with Gasteiger partial charge in [-0.05, 0) is 25.1 Å². The summed E-state index contributed by atoms with van der Waals surface area (Å²) >= 11 is 0. The molecular formula is C23H21F2N9O. The molecule has 0 fully saturated rings. The van der Waals surface area contributed by atoms with Crippen molar-refractivity contribution < 1.29 is 13.9 Å². The third-order valence-corrected chi connectivity index (χ3v) is 5.61. The Bertz CT molecular complexity index is 1450. The predicted molar refractivity (Wildman–Crippen MR) is 125 cm³/mol. The summed E-state index contributed by atoms with van der Waals surface area (Å²) in [7, 11) is 0. The van der Waals surface area contributed by atoms with Crippen molar-refractivity contribution in [2.24, 2.45) is 0 Å².